The fraction of sp³-hybridized carbons (Fsp3) is 0.611. The van der Waals surface area contributed by atoms with E-state index in [2.05, 4.69) is 5.32 Å². The zero-order chi connectivity index (χ0) is 16.8. The molecule has 22 heavy (non-hydrogen) atoms. The number of aryl methyl sites for hydroxylation is 2. The molecule has 1 atom stereocenters. The summed E-state index contributed by atoms with van der Waals surface area (Å²) in [5.74, 6) is 0.785. The number of amides is 1. The highest BCUT2D eigenvalue weighted by atomic mass is 16.5. The van der Waals surface area contributed by atoms with Gasteiger partial charge in [0, 0.05) is 12.3 Å². The average molecular weight is 307 g/mol. The second-order valence-corrected chi connectivity index (χ2v) is 5.76. The molecule has 1 aromatic carbocycles. The SMILES string of the molecule is CCCOC(C)(CC)C(=O)Nc1cc(C)c(OCC)c(C)c1. The minimum atomic E-state index is -0.795. The molecule has 124 valence electrons. The van der Waals surface area contributed by atoms with Crippen LogP contribution in [0, 0.1) is 13.8 Å². The van der Waals surface area contributed by atoms with Gasteiger partial charge in [-0.25, -0.2) is 0 Å². The van der Waals surface area contributed by atoms with Crippen LogP contribution >= 0.6 is 0 Å². The Morgan fingerprint density at radius 1 is 1.18 bits per heavy atom. The Labute approximate surface area is 134 Å². The van der Waals surface area contributed by atoms with E-state index in [-0.39, 0.29) is 5.91 Å². The highest BCUT2D eigenvalue weighted by molar-refractivity contribution is 5.97. The molecule has 0 fully saturated rings. The molecule has 0 aromatic heterocycles. The third-order valence-electron chi connectivity index (χ3n) is 3.79. The van der Waals surface area contributed by atoms with Crippen molar-refractivity contribution < 1.29 is 14.3 Å². The van der Waals surface area contributed by atoms with Gasteiger partial charge in [-0.3, -0.25) is 4.79 Å². The molecule has 1 rings (SSSR count). The predicted molar refractivity (Wildman–Crippen MR) is 90.7 cm³/mol. The maximum Gasteiger partial charge on any atom is 0.256 e. The Bertz CT molecular complexity index is 490. The van der Waals surface area contributed by atoms with Crippen LogP contribution < -0.4 is 10.1 Å². The Kier molecular flexibility index (Phi) is 6.88. The first-order chi connectivity index (χ1) is 10.4. The van der Waals surface area contributed by atoms with Gasteiger partial charge in [-0.1, -0.05) is 13.8 Å². The standard InChI is InChI=1S/C18H29NO3/c1-7-10-22-18(6,8-2)17(20)19-15-11-13(4)16(21-9-3)14(5)12-15/h11-12H,7-10H2,1-6H3,(H,19,20). The summed E-state index contributed by atoms with van der Waals surface area (Å²) in [6.07, 6.45) is 1.53. The largest absolute Gasteiger partial charge is 0.493 e. The van der Waals surface area contributed by atoms with E-state index >= 15 is 0 Å². The molecular formula is C18H29NO3. The van der Waals surface area contributed by atoms with Crippen LogP contribution in [-0.4, -0.2) is 24.7 Å². The zero-order valence-corrected chi connectivity index (χ0v) is 14.7. The molecule has 0 aliphatic carbocycles. The van der Waals surface area contributed by atoms with Crippen LogP contribution in [0.3, 0.4) is 0 Å². The lowest BCUT2D eigenvalue weighted by molar-refractivity contribution is -0.139. The Balaban J connectivity index is 2.92. The highest BCUT2D eigenvalue weighted by Crippen LogP contribution is 2.28. The summed E-state index contributed by atoms with van der Waals surface area (Å²) in [7, 11) is 0. The normalized spacial score (nSPS) is 13.5. The van der Waals surface area contributed by atoms with Gasteiger partial charge in [0.15, 0.2) is 0 Å². The summed E-state index contributed by atoms with van der Waals surface area (Å²) >= 11 is 0. The van der Waals surface area contributed by atoms with Crippen LogP contribution in [0.2, 0.25) is 0 Å². The number of ether oxygens (including phenoxy) is 2. The first-order valence-corrected chi connectivity index (χ1v) is 8.07. The number of carbonyl (C=O) groups is 1. The summed E-state index contributed by atoms with van der Waals surface area (Å²) in [5, 5.41) is 2.97. The van der Waals surface area contributed by atoms with Crippen molar-refractivity contribution in [3.05, 3.63) is 23.3 Å². The van der Waals surface area contributed by atoms with Gasteiger partial charge in [0.1, 0.15) is 11.4 Å². The van der Waals surface area contributed by atoms with Crippen LogP contribution in [0.15, 0.2) is 12.1 Å². The molecule has 0 spiro atoms. The van der Waals surface area contributed by atoms with Gasteiger partial charge in [0.25, 0.3) is 5.91 Å². The highest BCUT2D eigenvalue weighted by Gasteiger charge is 2.32. The Morgan fingerprint density at radius 3 is 2.23 bits per heavy atom. The molecule has 0 saturated carbocycles. The van der Waals surface area contributed by atoms with Crippen LogP contribution in [0.5, 0.6) is 5.75 Å². The molecule has 0 radical (unpaired) electrons. The van der Waals surface area contributed by atoms with Gasteiger partial charge in [0.05, 0.1) is 6.61 Å². The van der Waals surface area contributed by atoms with E-state index in [1.807, 2.05) is 53.7 Å². The van der Waals surface area contributed by atoms with E-state index in [4.69, 9.17) is 9.47 Å². The van der Waals surface area contributed by atoms with E-state index in [1.165, 1.54) is 0 Å². The fourth-order valence-corrected chi connectivity index (χ4v) is 2.31. The van der Waals surface area contributed by atoms with Crippen LogP contribution in [-0.2, 0) is 9.53 Å². The molecular weight excluding hydrogens is 278 g/mol. The van der Waals surface area contributed by atoms with Crippen LogP contribution in [0.1, 0.15) is 51.7 Å². The predicted octanol–water partition coefficient (Wildman–Crippen LogP) is 4.24. The number of hydrogen-bond acceptors (Lipinski definition) is 3. The molecule has 0 bridgehead atoms. The minimum Gasteiger partial charge on any atom is -0.493 e. The minimum absolute atomic E-state index is 0.105. The quantitative estimate of drug-likeness (QED) is 0.781. The molecule has 4 nitrogen and oxygen atoms in total. The first-order valence-electron chi connectivity index (χ1n) is 8.07. The van der Waals surface area contributed by atoms with E-state index < -0.39 is 5.60 Å². The number of hydrogen-bond donors (Lipinski definition) is 1. The molecule has 0 heterocycles. The first kappa shape index (κ1) is 18.5. The van der Waals surface area contributed by atoms with Crippen molar-refractivity contribution in [3.63, 3.8) is 0 Å². The van der Waals surface area contributed by atoms with Crippen molar-refractivity contribution in [3.8, 4) is 5.75 Å². The lowest BCUT2D eigenvalue weighted by Gasteiger charge is -2.27. The van der Waals surface area contributed by atoms with E-state index in [1.54, 1.807) is 0 Å². The van der Waals surface area contributed by atoms with Crippen molar-refractivity contribution in [1.82, 2.24) is 0 Å². The van der Waals surface area contributed by atoms with E-state index in [9.17, 15) is 4.79 Å². The number of carbonyl (C=O) groups excluding carboxylic acids is 1. The smallest absolute Gasteiger partial charge is 0.256 e. The second kappa shape index (κ2) is 8.18. The Hall–Kier alpha value is -1.55. The summed E-state index contributed by atoms with van der Waals surface area (Å²) in [6, 6.07) is 3.87. The monoisotopic (exact) mass is 307 g/mol. The number of nitrogens with one attached hydrogen (secondary N) is 1. The summed E-state index contributed by atoms with van der Waals surface area (Å²) in [6.45, 7) is 13.0. The molecule has 1 N–H and O–H groups in total. The molecule has 0 saturated heterocycles. The summed E-state index contributed by atoms with van der Waals surface area (Å²) < 4.78 is 11.4. The third kappa shape index (κ3) is 4.47. The molecule has 0 aliphatic heterocycles. The van der Waals surface area contributed by atoms with E-state index in [0.717, 1.165) is 29.0 Å². The van der Waals surface area contributed by atoms with Crippen molar-refractivity contribution >= 4 is 11.6 Å². The fourth-order valence-electron chi connectivity index (χ4n) is 2.31. The van der Waals surface area contributed by atoms with Crippen molar-refractivity contribution in [2.45, 2.75) is 60.0 Å². The molecule has 1 amide bonds. The maximum atomic E-state index is 12.5. The van der Waals surface area contributed by atoms with Gasteiger partial charge in [-0.05, 0) is 63.8 Å². The lowest BCUT2D eigenvalue weighted by atomic mass is 10.0. The van der Waals surface area contributed by atoms with Gasteiger partial charge in [-0.2, -0.15) is 0 Å². The third-order valence-corrected chi connectivity index (χ3v) is 3.79. The second-order valence-electron chi connectivity index (χ2n) is 5.76. The maximum absolute atomic E-state index is 12.5. The molecule has 1 aromatic rings. The van der Waals surface area contributed by atoms with Gasteiger partial charge in [0.2, 0.25) is 0 Å². The van der Waals surface area contributed by atoms with Crippen molar-refractivity contribution in [1.29, 1.82) is 0 Å². The van der Waals surface area contributed by atoms with E-state index in [0.29, 0.717) is 19.6 Å². The summed E-state index contributed by atoms with van der Waals surface area (Å²) in [5.41, 5.74) is 2.02. The van der Waals surface area contributed by atoms with Gasteiger partial charge >= 0.3 is 0 Å². The van der Waals surface area contributed by atoms with Gasteiger partial charge in [-0.15, -0.1) is 0 Å². The van der Waals surface area contributed by atoms with Crippen LogP contribution in [0.25, 0.3) is 0 Å². The van der Waals surface area contributed by atoms with Crippen molar-refractivity contribution in [2.24, 2.45) is 0 Å². The molecule has 1 unspecified atom stereocenters. The number of anilines is 1. The lowest BCUT2D eigenvalue weighted by Crippen LogP contribution is -2.42. The number of rotatable bonds is 8. The molecule has 4 heteroatoms. The number of benzene rings is 1. The van der Waals surface area contributed by atoms with Crippen LogP contribution in [0.4, 0.5) is 5.69 Å². The zero-order valence-electron chi connectivity index (χ0n) is 14.7. The Morgan fingerprint density at radius 2 is 1.77 bits per heavy atom. The summed E-state index contributed by atoms with van der Waals surface area (Å²) in [4.78, 5) is 12.5. The molecule has 0 aliphatic rings. The topological polar surface area (TPSA) is 47.6 Å². The average Bonchev–Trinajstić information content (AvgIpc) is 2.48. The van der Waals surface area contributed by atoms with Gasteiger partial charge < -0.3 is 14.8 Å². The van der Waals surface area contributed by atoms with Crippen molar-refractivity contribution in [2.75, 3.05) is 18.5 Å².